The second-order valence-electron chi connectivity index (χ2n) is 7.05. The number of hydrogen-bond acceptors (Lipinski definition) is 2. The van der Waals surface area contributed by atoms with E-state index >= 15 is 0 Å². The summed E-state index contributed by atoms with van der Waals surface area (Å²) >= 11 is 0. The first-order valence-electron chi connectivity index (χ1n) is 8.80. The van der Waals surface area contributed by atoms with Gasteiger partial charge in [-0.2, -0.15) is 0 Å². The van der Waals surface area contributed by atoms with Crippen molar-refractivity contribution in [3.63, 3.8) is 0 Å². The van der Waals surface area contributed by atoms with E-state index in [9.17, 15) is 9.59 Å². The molecule has 124 valence electrons. The molecule has 0 heterocycles. The molecule has 2 saturated carbocycles. The molecule has 0 radical (unpaired) electrons. The second-order valence-corrected chi connectivity index (χ2v) is 7.05. The number of nitrogens with one attached hydrogen (secondary N) is 2. The SMILES string of the molecule is CC(=O)Nc1ccc(C(=O)N[C@@H]2CC[C@@H]3CCCC[C@H]3C2)cc1. The van der Waals surface area contributed by atoms with Gasteiger partial charge < -0.3 is 10.6 Å². The maximum atomic E-state index is 12.4. The predicted molar refractivity (Wildman–Crippen MR) is 91.3 cm³/mol. The van der Waals surface area contributed by atoms with Crippen LogP contribution >= 0.6 is 0 Å². The molecule has 0 aromatic heterocycles. The van der Waals surface area contributed by atoms with Crippen molar-refractivity contribution in [1.82, 2.24) is 5.32 Å². The van der Waals surface area contributed by atoms with Crippen LogP contribution in [0.1, 0.15) is 62.2 Å². The zero-order valence-corrected chi connectivity index (χ0v) is 13.8. The third-order valence-corrected chi connectivity index (χ3v) is 5.34. The summed E-state index contributed by atoms with van der Waals surface area (Å²) in [4.78, 5) is 23.4. The number of fused-ring (bicyclic) bond motifs is 1. The van der Waals surface area contributed by atoms with E-state index in [0.29, 0.717) is 11.6 Å². The number of carbonyl (C=O) groups excluding carboxylic acids is 2. The topological polar surface area (TPSA) is 58.2 Å². The summed E-state index contributed by atoms with van der Waals surface area (Å²) in [5.41, 5.74) is 1.38. The number of rotatable bonds is 3. The Balaban J connectivity index is 1.55. The molecule has 3 atom stereocenters. The van der Waals surface area contributed by atoms with E-state index in [-0.39, 0.29) is 11.8 Å². The second kappa shape index (κ2) is 7.16. The van der Waals surface area contributed by atoms with E-state index < -0.39 is 0 Å². The van der Waals surface area contributed by atoms with Crippen molar-refractivity contribution in [3.8, 4) is 0 Å². The monoisotopic (exact) mass is 314 g/mol. The number of amides is 2. The Kier molecular flexibility index (Phi) is 4.99. The molecule has 0 unspecified atom stereocenters. The van der Waals surface area contributed by atoms with Crippen molar-refractivity contribution in [1.29, 1.82) is 0 Å². The minimum absolute atomic E-state index is 0.00126. The standard InChI is InChI=1S/C19H26N2O2/c1-13(22)20-17-9-7-15(8-10-17)19(23)21-18-11-6-14-4-2-3-5-16(14)12-18/h7-10,14,16,18H,2-6,11-12H2,1H3,(H,20,22)(H,21,23)/t14-,16-,18+/m0/s1. The first kappa shape index (κ1) is 16.0. The van der Waals surface area contributed by atoms with E-state index in [2.05, 4.69) is 10.6 Å². The Morgan fingerprint density at radius 2 is 1.65 bits per heavy atom. The van der Waals surface area contributed by atoms with Gasteiger partial charge in [-0.25, -0.2) is 0 Å². The highest BCUT2D eigenvalue weighted by Crippen LogP contribution is 2.40. The molecule has 23 heavy (non-hydrogen) atoms. The molecule has 0 aliphatic heterocycles. The van der Waals surface area contributed by atoms with Gasteiger partial charge >= 0.3 is 0 Å². The average Bonchev–Trinajstić information content (AvgIpc) is 2.55. The normalized spacial score (nSPS) is 26.9. The molecule has 1 aromatic rings. The van der Waals surface area contributed by atoms with E-state index in [1.165, 1.54) is 39.0 Å². The molecule has 0 spiro atoms. The van der Waals surface area contributed by atoms with Crippen LogP contribution in [0.25, 0.3) is 0 Å². The molecule has 0 saturated heterocycles. The maximum absolute atomic E-state index is 12.4. The summed E-state index contributed by atoms with van der Waals surface area (Å²) < 4.78 is 0. The molecule has 2 aliphatic rings. The lowest BCUT2D eigenvalue weighted by molar-refractivity contribution is -0.114. The largest absolute Gasteiger partial charge is 0.349 e. The van der Waals surface area contributed by atoms with E-state index in [4.69, 9.17) is 0 Å². The molecule has 0 bridgehead atoms. The number of carbonyl (C=O) groups is 2. The summed E-state index contributed by atoms with van der Waals surface area (Å²) in [5.74, 6) is 1.60. The highest BCUT2D eigenvalue weighted by atomic mass is 16.2. The Bertz CT molecular complexity index is 567. The molecule has 2 aliphatic carbocycles. The van der Waals surface area contributed by atoms with Gasteiger partial charge in [0.1, 0.15) is 0 Å². The van der Waals surface area contributed by atoms with E-state index in [0.717, 1.165) is 30.4 Å². The molecular formula is C19H26N2O2. The van der Waals surface area contributed by atoms with Gasteiger partial charge in [-0.3, -0.25) is 9.59 Å². The van der Waals surface area contributed by atoms with Gasteiger partial charge in [-0.05, 0) is 55.4 Å². The van der Waals surface area contributed by atoms with E-state index in [1.54, 1.807) is 24.3 Å². The minimum atomic E-state index is -0.105. The highest BCUT2D eigenvalue weighted by Gasteiger charge is 2.32. The summed E-state index contributed by atoms with van der Waals surface area (Å²) in [7, 11) is 0. The van der Waals surface area contributed by atoms with Crippen LogP contribution in [0.4, 0.5) is 5.69 Å². The Morgan fingerprint density at radius 1 is 0.957 bits per heavy atom. The van der Waals surface area contributed by atoms with Crippen LogP contribution in [0.2, 0.25) is 0 Å². The Labute approximate surface area is 138 Å². The zero-order chi connectivity index (χ0) is 16.2. The van der Waals surface area contributed by atoms with Crippen LogP contribution in [-0.2, 0) is 4.79 Å². The van der Waals surface area contributed by atoms with Crippen molar-refractivity contribution in [2.75, 3.05) is 5.32 Å². The fraction of sp³-hybridized carbons (Fsp3) is 0.579. The molecule has 4 heteroatoms. The van der Waals surface area contributed by atoms with Crippen LogP contribution in [0.15, 0.2) is 24.3 Å². The maximum Gasteiger partial charge on any atom is 0.251 e. The van der Waals surface area contributed by atoms with Crippen molar-refractivity contribution in [2.24, 2.45) is 11.8 Å². The smallest absolute Gasteiger partial charge is 0.251 e. The minimum Gasteiger partial charge on any atom is -0.349 e. The molecular weight excluding hydrogens is 288 g/mol. The molecule has 3 rings (SSSR count). The third-order valence-electron chi connectivity index (χ3n) is 5.34. The molecule has 2 N–H and O–H groups in total. The molecule has 4 nitrogen and oxygen atoms in total. The lowest BCUT2D eigenvalue weighted by Crippen LogP contribution is -2.41. The van der Waals surface area contributed by atoms with Gasteiger partial charge in [0.05, 0.1) is 0 Å². The number of anilines is 1. The summed E-state index contributed by atoms with van der Waals surface area (Å²) in [5, 5.41) is 5.91. The van der Waals surface area contributed by atoms with Crippen molar-refractivity contribution < 1.29 is 9.59 Å². The third kappa shape index (κ3) is 4.12. The quantitative estimate of drug-likeness (QED) is 0.893. The Morgan fingerprint density at radius 3 is 2.35 bits per heavy atom. The van der Waals surface area contributed by atoms with Gasteiger partial charge in [0.25, 0.3) is 5.91 Å². The van der Waals surface area contributed by atoms with Gasteiger partial charge in [-0.15, -0.1) is 0 Å². The summed E-state index contributed by atoms with van der Waals surface area (Å²) in [6.45, 7) is 1.47. The average molecular weight is 314 g/mol. The van der Waals surface area contributed by atoms with Gasteiger partial charge in [0, 0.05) is 24.2 Å². The van der Waals surface area contributed by atoms with E-state index in [1.807, 2.05) is 0 Å². The summed E-state index contributed by atoms with van der Waals surface area (Å²) in [6, 6.07) is 7.40. The van der Waals surface area contributed by atoms with Crippen LogP contribution < -0.4 is 10.6 Å². The van der Waals surface area contributed by atoms with Crippen molar-refractivity contribution >= 4 is 17.5 Å². The Hall–Kier alpha value is -1.84. The van der Waals surface area contributed by atoms with Crippen molar-refractivity contribution in [3.05, 3.63) is 29.8 Å². The van der Waals surface area contributed by atoms with Crippen LogP contribution in [-0.4, -0.2) is 17.9 Å². The van der Waals surface area contributed by atoms with Gasteiger partial charge in [0.15, 0.2) is 0 Å². The van der Waals surface area contributed by atoms with Crippen LogP contribution in [0, 0.1) is 11.8 Å². The fourth-order valence-electron chi connectivity index (χ4n) is 4.18. The lowest BCUT2D eigenvalue weighted by atomic mass is 9.69. The molecule has 2 amide bonds. The zero-order valence-electron chi connectivity index (χ0n) is 13.8. The molecule has 1 aromatic carbocycles. The summed E-state index contributed by atoms with van der Waals surface area (Å²) in [6.07, 6.45) is 8.97. The predicted octanol–water partition coefficient (Wildman–Crippen LogP) is 3.73. The van der Waals surface area contributed by atoms with Crippen molar-refractivity contribution in [2.45, 2.75) is 57.9 Å². The van der Waals surface area contributed by atoms with Gasteiger partial charge in [-0.1, -0.05) is 25.7 Å². The highest BCUT2D eigenvalue weighted by molar-refractivity contribution is 5.95. The lowest BCUT2D eigenvalue weighted by Gasteiger charge is -2.39. The fourth-order valence-corrected chi connectivity index (χ4v) is 4.18. The number of hydrogen-bond donors (Lipinski definition) is 2. The van der Waals surface area contributed by atoms with Gasteiger partial charge in [0.2, 0.25) is 5.91 Å². The number of benzene rings is 1. The first-order valence-corrected chi connectivity index (χ1v) is 8.80. The van der Waals surface area contributed by atoms with Crippen LogP contribution in [0.5, 0.6) is 0 Å². The molecule has 2 fully saturated rings. The van der Waals surface area contributed by atoms with Crippen LogP contribution in [0.3, 0.4) is 0 Å². The first-order chi connectivity index (χ1) is 11.1.